The Morgan fingerprint density at radius 2 is 1.94 bits per heavy atom. The fraction of sp³-hybridized carbons (Fsp3) is 0.318. The number of nitrogens with one attached hydrogen (secondary N) is 3. The number of H-pyrrole nitrogens is 1. The van der Waals surface area contributed by atoms with Gasteiger partial charge in [0.05, 0.1) is 28.6 Å². The molecule has 10 nitrogen and oxygen atoms in total. The van der Waals surface area contributed by atoms with E-state index in [4.69, 9.17) is 11.6 Å². The van der Waals surface area contributed by atoms with Crippen molar-refractivity contribution in [2.24, 2.45) is 0 Å². The molecule has 3 aromatic heterocycles. The van der Waals surface area contributed by atoms with Gasteiger partial charge in [0.1, 0.15) is 11.4 Å². The summed E-state index contributed by atoms with van der Waals surface area (Å²) in [6.07, 6.45) is 4.82. The van der Waals surface area contributed by atoms with Crippen molar-refractivity contribution in [1.29, 1.82) is 0 Å². The first-order chi connectivity index (χ1) is 16.2. The number of rotatable bonds is 8. The Hall–Kier alpha value is -3.44. The van der Waals surface area contributed by atoms with Crippen LogP contribution >= 0.6 is 22.9 Å². The minimum Gasteiger partial charge on any atom is -0.336 e. The number of anilines is 3. The summed E-state index contributed by atoms with van der Waals surface area (Å²) in [5, 5.41) is 18.8. The molecule has 34 heavy (non-hydrogen) atoms. The van der Waals surface area contributed by atoms with E-state index in [-0.39, 0.29) is 30.4 Å². The van der Waals surface area contributed by atoms with Gasteiger partial charge in [-0.2, -0.15) is 10.2 Å². The Morgan fingerprint density at radius 3 is 2.68 bits per heavy atom. The molecular weight excluding hydrogens is 476 g/mol. The van der Waals surface area contributed by atoms with Crippen LogP contribution in [0.25, 0.3) is 10.9 Å². The third-order valence-corrected chi connectivity index (χ3v) is 6.34. The Morgan fingerprint density at radius 1 is 1.18 bits per heavy atom. The van der Waals surface area contributed by atoms with Crippen LogP contribution in [0.15, 0.2) is 36.8 Å². The molecule has 0 aliphatic heterocycles. The van der Waals surface area contributed by atoms with E-state index in [2.05, 4.69) is 30.9 Å². The number of nitrogens with zero attached hydrogens (tertiary/aromatic N) is 5. The normalized spacial score (nSPS) is 11.4. The third-order valence-electron chi connectivity index (χ3n) is 5.11. The Bertz CT molecular complexity index is 1320. The van der Waals surface area contributed by atoms with E-state index in [1.807, 2.05) is 32.6 Å². The highest BCUT2D eigenvalue weighted by atomic mass is 35.5. The van der Waals surface area contributed by atoms with Gasteiger partial charge in [0, 0.05) is 29.7 Å². The number of aromatic nitrogens is 5. The summed E-state index contributed by atoms with van der Waals surface area (Å²) >= 11 is 7.46. The second-order valence-electron chi connectivity index (χ2n) is 8.25. The van der Waals surface area contributed by atoms with Gasteiger partial charge in [-0.25, -0.2) is 4.98 Å². The van der Waals surface area contributed by atoms with E-state index >= 15 is 0 Å². The molecule has 3 heterocycles. The quantitative estimate of drug-likeness (QED) is 0.327. The van der Waals surface area contributed by atoms with Gasteiger partial charge in [-0.1, -0.05) is 22.9 Å². The minimum absolute atomic E-state index is 0.000779. The van der Waals surface area contributed by atoms with Crippen LogP contribution in [-0.2, 0) is 11.3 Å². The van der Waals surface area contributed by atoms with E-state index < -0.39 is 0 Å². The molecule has 0 fully saturated rings. The van der Waals surface area contributed by atoms with Gasteiger partial charge in [-0.05, 0) is 39.8 Å². The van der Waals surface area contributed by atoms with Crippen molar-refractivity contribution in [3.05, 3.63) is 46.7 Å². The number of thiazole rings is 1. The predicted molar refractivity (Wildman–Crippen MR) is 134 cm³/mol. The van der Waals surface area contributed by atoms with Crippen LogP contribution in [-0.4, -0.2) is 53.8 Å². The summed E-state index contributed by atoms with van der Waals surface area (Å²) in [7, 11) is 0. The molecule has 0 aliphatic carbocycles. The molecule has 1 aromatic carbocycles. The van der Waals surface area contributed by atoms with E-state index in [0.29, 0.717) is 26.5 Å². The maximum atomic E-state index is 12.8. The second-order valence-corrected chi connectivity index (χ2v) is 9.69. The summed E-state index contributed by atoms with van der Waals surface area (Å²) in [6, 6.07) is 5.46. The molecule has 178 valence electrons. The summed E-state index contributed by atoms with van der Waals surface area (Å²) in [4.78, 5) is 31.9. The summed E-state index contributed by atoms with van der Waals surface area (Å²) < 4.78 is 1.58. The maximum Gasteiger partial charge on any atom is 0.267 e. The number of amides is 2. The van der Waals surface area contributed by atoms with Crippen LogP contribution in [0.3, 0.4) is 0 Å². The van der Waals surface area contributed by atoms with Crippen molar-refractivity contribution < 1.29 is 9.59 Å². The molecule has 0 bridgehead atoms. The predicted octanol–water partition coefficient (Wildman–Crippen LogP) is 4.51. The summed E-state index contributed by atoms with van der Waals surface area (Å²) in [5.74, 6) is 0.194. The number of carbonyl (C=O) groups is 2. The van der Waals surface area contributed by atoms with Crippen molar-refractivity contribution in [2.75, 3.05) is 10.6 Å². The second kappa shape index (κ2) is 9.82. The van der Waals surface area contributed by atoms with Crippen LogP contribution in [0, 0.1) is 0 Å². The lowest BCUT2D eigenvalue weighted by atomic mass is 10.2. The fourth-order valence-corrected chi connectivity index (χ4v) is 4.68. The van der Waals surface area contributed by atoms with Crippen LogP contribution in [0.4, 0.5) is 16.6 Å². The van der Waals surface area contributed by atoms with Crippen molar-refractivity contribution in [1.82, 2.24) is 29.9 Å². The number of fused-ring (bicyclic) bond motifs is 1. The maximum absolute atomic E-state index is 12.8. The highest BCUT2D eigenvalue weighted by Gasteiger charge is 2.21. The van der Waals surface area contributed by atoms with Gasteiger partial charge in [-0.3, -0.25) is 19.4 Å². The zero-order chi connectivity index (χ0) is 24.4. The lowest BCUT2D eigenvalue weighted by Gasteiger charge is -2.30. The van der Waals surface area contributed by atoms with Gasteiger partial charge < -0.3 is 15.5 Å². The van der Waals surface area contributed by atoms with Gasteiger partial charge in [0.15, 0.2) is 10.9 Å². The molecule has 0 spiro atoms. The van der Waals surface area contributed by atoms with Gasteiger partial charge in [0.2, 0.25) is 5.91 Å². The number of aromatic amines is 1. The monoisotopic (exact) mass is 500 g/mol. The first kappa shape index (κ1) is 23.7. The van der Waals surface area contributed by atoms with Crippen molar-refractivity contribution >= 4 is 62.3 Å². The smallest absolute Gasteiger partial charge is 0.267 e. The van der Waals surface area contributed by atoms with Crippen molar-refractivity contribution in [3.8, 4) is 0 Å². The standard InChI is InChI=1S/C22H25ClN8O2S/c1-12(2)31(13(3)4)19(32)11-30-8-7-18(29-30)26-22-24-10-17(34-22)21(33)27-20-14-9-25-28-16(14)6-5-15(20)23/h5-10,12-13H,11H2,1-4H3,(H,25,28)(H,27,33)(H,24,26,29). The molecule has 0 radical (unpaired) electrons. The molecule has 0 atom stereocenters. The average molecular weight is 501 g/mol. The van der Waals surface area contributed by atoms with Crippen molar-refractivity contribution in [2.45, 2.75) is 46.3 Å². The highest BCUT2D eigenvalue weighted by molar-refractivity contribution is 7.17. The van der Waals surface area contributed by atoms with Crippen LogP contribution < -0.4 is 10.6 Å². The largest absolute Gasteiger partial charge is 0.336 e. The van der Waals surface area contributed by atoms with E-state index in [0.717, 1.165) is 10.9 Å². The number of halogens is 1. The molecule has 3 N–H and O–H groups in total. The number of carbonyl (C=O) groups excluding carboxylic acids is 2. The molecule has 12 heteroatoms. The Labute approximate surface area is 205 Å². The summed E-state index contributed by atoms with van der Waals surface area (Å²) in [5.41, 5.74) is 1.26. The van der Waals surface area contributed by atoms with Crippen LogP contribution in [0.1, 0.15) is 37.4 Å². The first-order valence-corrected chi connectivity index (χ1v) is 11.9. The summed E-state index contributed by atoms with van der Waals surface area (Å²) in [6.45, 7) is 8.12. The van der Waals surface area contributed by atoms with Crippen LogP contribution in [0.2, 0.25) is 5.02 Å². The molecule has 4 rings (SSSR count). The van der Waals surface area contributed by atoms with Gasteiger partial charge in [-0.15, -0.1) is 0 Å². The SMILES string of the molecule is CC(C)N(C(=O)Cn1ccc(Nc2ncc(C(=O)Nc3c(Cl)ccc4[nH]ncc34)s2)n1)C(C)C. The number of hydrogen-bond donors (Lipinski definition) is 3. The number of benzene rings is 1. The zero-order valence-electron chi connectivity index (χ0n) is 19.2. The first-order valence-electron chi connectivity index (χ1n) is 10.7. The molecule has 0 unspecified atom stereocenters. The van der Waals surface area contributed by atoms with Crippen molar-refractivity contribution in [3.63, 3.8) is 0 Å². The lowest BCUT2D eigenvalue weighted by molar-refractivity contribution is -0.135. The molecule has 4 aromatic rings. The highest BCUT2D eigenvalue weighted by Crippen LogP contribution is 2.31. The van der Waals surface area contributed by atoms with E-state index in [1.165, 1.54) is 17.5 Å². The van der Waals surface area contributed by atoms with E-state index in [9.17, 15) is 9.59 Å². The Kier molecular flexibility index (Phi) is 6.85. The van der Waals surface area contributed by atoms with E-state index in [1.54, 1.807) is 35.3 Å². The topological polar surface area (TPSA) is 121 Å². The minimum atomic E-state index is -0.334. The molecular formula is C22H25ClN8O2S. The molecule has 0 saturated heterocycles. The molecule has 0 aliphatic rings. The Balaban J connectivity index is 1.41. The number of hydrogen-bond acceptors (Lipinski definition) is 7. The zero-order valence-corrected chi connectivity index (χ0v) is 20.7. The average Bonchev–Trinajstić information content (AvgIpc) is 3.51. The van der Waals surface area contributed by atoms with Gasteiger partial charge in [0.25, 0.3) is 5.91 Å². The fourth-order valence-electron chi connectivity index (χ4n) is 3.75. The van der Waals surface area contributed by atoms with Gasteiger partial charge >= 0.3 is 0 Å². The molecule has 0 saturated carbocycles. The lowest BCUT2D eigenvalue weighted by Crippen LogP contribution is -2.43. The molecule has 2 amide bonds. The third kappa shape index (κ3) is 5.05. The van der Waals surface area contributed by atoms with Crippen LogP contribution in [0.5, 0.6) is 0 Å².